The van der Waals surface area contributed by atoms with Gasteiger partial charge >= 0.3 is 8.77 Å². The van der Waals surface area contributed by atoms with Gasteiger partial charge in [-0.3, -0.25) is 0 Å². The Labute approximate surface area is 136 Å². The zero-order valence-corrected chi connectivity index (χ0v) is 14.2. The van der Waals surface area contributed by atoms with Crippen molar-refractivity contribution in [1.82, 2.24) is 0 Å². The zero-order valence-electron chi connectivity index (χ0n) is 12.3. The van der Waals surface area contributed by atoms with Gasteiger partial charge < -0.3 is 4.21 Å². The van der Waals surface area contributed by atoms with Gasteiger partial charge in [-0.05, 0) is 15.6 Å². The van der Waals surface area contributed by atoms with Crippen LogP contribution in [0.3, 0.4) is 0 Å². The van der Waals surface area contributed by atoms with Crippen molar-refractivity contribution < 1.29 is 12.6 Å². The summed E-state index contributed by atoms with van der Waals surface area (Å²) in [6.45, 7) is 0. The maximum absolute atomic E-state index is 13.5. The maximum atomic E-state index is 13.5. The van der Waals surface area contributed by atoms with Crippen LogP contribution in [0.1, 0.15) is 0 Å². The van der Waals surface area contributed by atoms with Crippen molar-refractivity contribution in [3.63, 3.8) is 0 Å². The van der Waals surface area contributed by atoms with Crippen LogP contribution in [0.5, 0.6) is 0 Å². The molecule has 1 nitrogen and oxygen atoms in total. The van der Waals surface area contributed by atoms with Crippen molar-refractivity contribution in [1.29, 1.82) is 0 Å². The fourth-order valence-electron chi connectivity index (χ4n) is 2.78. The molecule has 0 heterocycles. The number of benzene rings is 3. The number of hydrogen-bond donors (Lipinski definition) is 0. The molecule has 0 amide bonds. The highest BCUT2D eigenvalue weighted by molar-refractivity contribution is 7.44. The lowest BCUT2D eigenvalue weighted by Crippen LogP contribution is -2.68. The predicted octanol–water partition coefficient (Wildman–Crippen LogP) is 3.84. The van der Waals surface area contributed by atoms with Gasteiger partial charge in [0.15, 0.2) is 0 Å². The zero-order chi connectivity index (χ0) is 16.1. The summed E-state index contributed by atoms with van der Waals surface area (Å²) in [5.74, 6) is 0. The molecule has 0 saturated carbocycles. The Morgan fingerprint density at radius 1 is 0.565 bits per heavy atom. The molecule has 0 aliphatic rings. The van der Waals surface area contributed by atoms with E-state index in [1.165, 1.54) is 0 Å². The van der Waals surface area contributed by atoms with Crippen molar-refractivity contribution in [2.24, 2.45) is 0 Å². The highest BCUT2D eigenvalue weighted by Gasteiger charge is 2.44. The van der Waals surface area contributed by atoms with Crippen LogP contribution in [-0.4, -0.2) is 8.32 Å². The van der Waals surface area contributed by atoms with Crippen LogP contribution in [0, 0.1) is 0 Å². The Bertz CT molecular complexity index is 642. The molecule has 0 fully saturated rings. The van der Waals surface area contributed by atoms with Crippen LogP contribution in [0.4, 0.5) is 8.39 Å². The van der Waals surface area contributed by atoms with Gasteiger partial charge in [0.25, 0.3) is 8.32 Å². The second-order valence-electron chi connectivity index (χ2n) is 5.07. The second kappa shape index (κ2) is 7.13. The average Bonchev–Trinajstić information content (AvgIpc) is 2.62. The molecule has 23 heavy (non-hydrogen) atoms. The van der Waals surface area contributed by atoms with E-state index in [1.807, 2.05) is 91.0 Å². The summed E-state index contributed by atoms with van der Waals surface area (Å²) in [5.41, 5.74) is 0. The van der Waals surface area contributed by atoms with Crippen molar-refractivity contribution in [3.8, 4) is 0 Å². The normalized spacial score (nSPS) is 11.6. The van der Waals surface area contributed by atoms with Crippen molar-refractivity contribution in [3.05, 3.63) is 91.0 Å². The molecular formula is C18H15F2OPSi. The molecule has 3 aromatic carbocycles. The fourth-order valence-corrected chi connectivity index (χ4v) is 7.86. The molecule has 0 spiro atoms. The topological polar surface area (TPSA) is 9.23 Å². The van der Waals surface area contributed by atoms with Crippen molar-refractivity contribution >= 4 is 32.6 Å². The summed E-state index contributed by atoms with van der Waals surface area (Å²) in [4.78, 5) is 0. The third kappa shape index (κ3) is 3.25. The lowest BCUT2D eigenvalue weighted by atomic mass is 10.3. The Hall–Kier alpha value is -1.87. The highest BCUT2D eigenvalue weighted by atomic mass is 31.2. The van der Waals surface area contributed by atoms with Gasteiger partial charge in [-0.15, -0.1) is 0 Å². The molecule has 116 valence electrons. The number of hydrogen-bond acceptors (Lipinski definition) is 1. The van der Waals surface area contributed by atoms with E-state index >= 15 is 0 Å². The monoisotopic (exact) mass is 344 g/mol. The van der Waals surface area contributed by atoms with Crippen LogP contribution < -0.4 is 15.6 Å². The van der Waals surface area contributed by atoms with Gasteiger partial charge in [-0.25, -0.2) is 0 Å². The van der Waals surface area contributed by atoms with Crippen LogP contribution in [0.15, 0.2) is 91.0 Å². The van der Waals surface area contributed by atoms with Crippen LogP contribution in [0.25, 0.3) is 0 Å². The van der Waals surface area contributed by atoms with E-state index < -0.39 is 17.1 Å². The Kier molecular flexibility index (Phi) is 4.96. The third-order valence-electron chi connectivity index (χ3n) is 3.75. The van der Waals surface area contributed by atoms with E-state index in [9.17, 15) is 8.39 Å². The first-order chi connectivity index (χ1) is 11.2. The molecule has 0 unspecified atom stereocenters. The first kappa shape index (κ1) is 16.0. The molecule has 0 aliphatic heterocycles. The van der Waals surface area contributed by atoms with Crippen molar-refractivity contribution in [2.75, 3.05) is 0 Å². The summed E-state index contributed by atoms with van der Waals surface area (Å²) >= 11 is 0. The molecule has 0 saturated heterocycles. The third-order valence-corrected chi connectivity index (χ3v) is 8.83. The smallest absolute Gasteiger partial charge is 0.333 e. The first-order valence-electron chi connectivity index (χ1n) is 7.21. The van der Waals surface area contributed by atoms with Crippen LogP contribution >= 0.6 is 8.77 Å². The van der Waals surface area contributed by atoms with Gasteiger partial charge in [-0.1, -0.05) is 91.0 Å². The van der Waals surface area contributed by atoms with E-state index in [1.54, 1.807) is 0 Å². The van der Waals surface area contributed by atoms with Gasteiger partial charge in [0.1, 0.15) is 0 Å². The summed E-state index contributed by atoms with van der Waals surface area (Å²) in [6.07, 6.45) is 0. The lowest BCUT2D eigenvalue weighted by Gasteiger charge is -2.31. The van der Waals surface area contributed by atoms with E-state index in [0.717, 1.165) is 15.6 Å². The molecule has 3 rings (SSSR count). The van der Waals surface area contributed by atoms with Gasteiger partial charge in [0.05, 0.1) is 0 Å². The standard InChI is InChI=1S/C18H15F2OPSi/c19-22(20)21-23(16-10-4-1-5-11-16,17-12-6-2-7-13-17)18-14-8-3-9-15-18/h1-15H. The van der Waals surface area contributed by atoms with E-state index in [0.29, 0.717) is 0 Å². The Morgan fingerprint density at radius 2 is 0.870 bits per heavy atom. The maximum Gasteiger partial charge on any atom is 0.405 e. The molecular weight excluding hydrogens is 329 g/mol. The average molecular weight is 344 g/mol. The van der Waals surface area contributed by atoms with E-state index in [4.69, 9.17) is 4.21 Å². The molecule has 0 aromatic heterocycles. The first-order valence-corrected chi connectivity index (χ1v) is 10.2. The van der Waals surface area contributed by atoms with Gasteiger partial charge in [-0.2, -0.15) is 8.39 Å². The largest absolute Gasteiger partial charge is 0.405 e. The quantitative estimate of drug-likeness (QED) is 0.388. The number of rotatable bonds is 5. The number of halogens is 2. The summed E-state index contributed by atoms with van der Waals surface area (Å²) in [7, 11) is -6.71. The molecule has 0 atom stereocenters. The minimum Gasteiger partial charge on any atom is -0.333 e. The van der Waals surface area contributed by atoms with Crippen LogP contribution in [0.2, 0.25) is 0 Å². The highest BCUT2D eigenvalue weighted by Crippen LogP contribution is 2.42. The molecule has 0 aliphatic carbocycles. The lowest BCUT2D eigenvalue weighted by molar-refractivity contribution is 0.519. The Balaban J connectivity index is 2.30. The molecule has 0 bridgehead atoms. The second-order valence-corrected chi connectivity index (χ2v) is 9.30. The Morgan fingerprint density at radius 3 is 1.13 bits per heavy atom. The molecule has 3 aromatic rings. The molecule has 5 heteroatoms. The fraction of sp³-hybridized carbons (Fsp3) is 0. The van der Waals surface area contributed by atoms with E-state index in [2.05, 4.69) is 0 Å². The van der Waals surface area contributed by atoms with Gasteiger partial charge in [0.2, 0.25) is 0 Å². The molecule has 0 N–H and O–H groups in total. The summed E-state index contributed by atoms with van der Waals surface area (Å²) in [6, 6.07) is 28.1. The van der Waals surface area contributed by atoms with Gasteiger partial charge in [0, 0.05) is 0 Å². The van der Waals surface area contributed by atoms with Crippen molar-refractivity contribution in [2.45, 2.75) is 0 Å². The van der Waals surface area contributed by atoms with Crippen LogP contribution in [-0.2, 0) is 4.21 Å². The minimum atomic E-state index is -3.50. The van der Waals surface area contributed by atoms with E-state index in [-0.39, 0.29) is 0 Å². The molecule has 0 radical (unpaired) electrons. The summed E-state index contributed by atoms with van der Waals surface area (Å²) < 4.78 is 32.4. The minimum absolute atomic E-state index is 0.820. The SMILES string of the molecule is FP(F)O[Si](c1ccccc1)(c1ccccc1)c1ccccc1. The predicted molar refractivity (Wildman–Crippen MR) is 94.2 cm³/mol. The summed E-state index contributed by atoms with van der Waals surface area (Å²) in [5, 5.41) is 2.46.